The molecule has 0 aliphatic heterocycles. The van der Waals surface area contributed by atoms with E-state index in [0.29, 0.717) is 5.69 Å². The van der Waals surface area contributed by atoms with E-state index in [-0.39, 0.29) is 22.6 Å². The molecule has 2 heterocycles. The Morgan fingerprint density at radius 2 is 1.97 bits per heavy atom. The number of carbonyl (C=O) groups excluding carboxylic acids is 1. The highest BCUT2D eigenvalue weighted by Gasteiger charge is 2.18. The number of pyridine rings is 1. The second-order valence-corrected chi connectivity index (χ2v) is 10.1. The first kappa shape index (κ1) is 19.7. The third-order valence-corrected chi connectivity index (χ3v) is 6.72. The molecule has 0 aliphatic carbocycles. The molecule has 7 heteroatoms. The van der Waals surface area contributed by atoms with Gasteiger partial charge in [0.2, 0.25) is 11.5 Å². The Morgan fingerprint density at radius 1 is 1.17 bits per heavy atom. The van der Waals surface area contributed by atoms with Crippen LogP contribution in [0.5, 0.6) is 0 Å². The molecular formula is C22H21N3O2S2. The smallest absolute Gasteiger partial charge is 0.248 e. The summed E-state index contributed by atoms with van der Waals surface area (Å²) in [5.74, 6) is 0.166. The van der Waals surface area contributed by atoms with Gasteiger partial charge in [0.25, 0.3) is 0 Å². The monoisotopic (exact) mass is 423 g/mol. The number of hydrogen-bond acceptors (Lipinski definition) is 5. The highest BCUT2D eigenvalue weighted by Crippen LogP contribution is 2.30. The molecule has 0 saturated carbocycles. The zero-order chi connectivity index (χ0) is 20.6. The van der Waals surface area contributed by atoms with E-state index < -0.39 is 0 Å². The number of carbonyl (C=O) groups is 1. The number of nitrogens with one attached hydrogen (secondary N) is 2. The Labute approximate surface area is 176 Å². The summed E-state index contributed by atoms with van der Waals surface area (Å²) >= 11 is 3.01. The topological polar surface area (TPSA) is 74.8 Å². The van der Waals surface area contributed by atoms with Gasteiger partial charge in [-0.15, -0.1) is 11.3 Å². The maximum absolute atomic E-state index is 12.4. The molecule has 0 radical (unpaired) electrons. The van der Waals surface area contributed by atoms with E-state index in [4.69, 9.17) is 0 Å². The Kier molecular flexibility index (Phi) is 5.19. The maximum atomic E-state index is 12.4. The van der Waals surface area contributed by atoms with E-state index in [2.05, 4.69) is 36.1 Å². The van der Waals surface area contributed by atoms with E-state index in [1.165, 1.54) is 11.8 Å². The summed E-state index contributed by atoms with van der Waals surface area (Å²) in [6.45, 7) is 6.24. The van der Waals surface area contributed by atoms with Crippen molar-refractivity contribution in [2.45, 2.75) is 30.5 Å². The second-order valence-electron chi connectivity index (χ2n) is 7.84. The molecule has 0 unspecified atom stereocenters. The average molecular weight is 424 g/mol. The minimum Gasteiger partial charge on any atom is -0.325 e. The number of aromatic nitrogens is 2. The van der Waals surface area contributed by atoms with Gasteiger partial charge in [0.15, 0.2) is 4.34 Å². The van der Waals surface area contributed by atoms with Gasteiger partial charge in [-0.25, -0.2) is 4.98 Å². The number of H-pyrrole nitrogens is 1. The van der Waals surface area contributed by atoms with Crippen LogP contribution in [0.4, 0.5) is 5.69 Å². The van der Waals surface area contributed by atoms with Crippen LogP contribution in [-0.4, -0.2) is 21.6 Å². The number of amides is 1. The van der Waals surface area contributed by atoms with Gasteiger partial charge in [-0.05, 0) is 35.2 Å². The molecule has 0 fully saturated rings. The van der Waals surface area contributed by atoms with Gasteiger partial charge in [0.1, 0.15) is 0 Å². The molecule has 2 N–H and O–H groups in total. The van der Waals surface area contributed by atoms with Crippen LogP contribution in [0.2, 0.25) is 0 Å². The third kappa shape index (κ3) is 4.36. The zero-order valence-corrected chi connectivity index (χ0v) is 18.0. The number of aromatic amines is 1. The first-order valence-electron chi connectivity index (χ1n) is 9.25. The number of thioether (sulfide) groups is 1. The summed E-state index contributed by atoms with van der Waals surface area (Å²) in [5, 5.41) is 3.90. The van der Waals surface area contributed by atoms with E-state index in [1.807, 2.05) is 42.5 Å². The molecule has 1 amide bonds. The van der Waals surface area contributed by atoms with Crippen LogP contribution in [-0.2, 0) is 10.2 Å². The number of para-hydroxylation sites is 1. The van der Waals surface area contributed by atoms with Crippen molar-refractivity contribution in [1.29, 1.82) is 0 Å². The van der Waals surface area contributed by atoms with Crippen LogP contribution in [0.15, 0.2) is 57.7 Å². The molecule has 5 nitrogen and oxygen atoms in total. The van der Waals surface area contributed by atoms with E-state index in [1.54, 1.807) is 17.4 Å². The predicted molar refractivity (Wildman–Crippen MR) is 122 cm³/mol. The van der Waals surface area contributed by atoms with Gasteiger partial charge in [-0.2, -0.15) is 0 Å². The normalized spacial score (nSPS) is 11.8. The molecule has 148 valence electrons. The zero-order valence-electron chi connectivity index (χ0n) is 16.4. The predicted octanol–water partition coefficient (Wildman–Crippen LogP) is 5.17. The highest BCUT2D eigenvalue weighted by atomic mass is 32.2. The van der Waals surface area contributed by atoms with Crippen LogP contribution in [0, 0.1) is 0 Å². The van der Waals surface area contributed by atoms with Gasteiger partial charge in [0.05, 0.1) is 21.5 Å². The van der Waals surface area contributed by atoms with Gasteiger partial charge < -0.3 is 10.3 Å². The number of anilines is 1. The Hall–Kier alpha value is -2.64. The van der Waals surface area contributed by atoms with Crippen LogP contribution < -0.4 is 10.9 Å². The lowest BCUT2D eigenvalue weighted by atomic mass is 9.85. The lowest BCUT2D eigenvalue weighted by molar-refractivity contribution is -0.113. The molecule has 0 atom stereocenters. The number of benzene rings is 2. The lowest BCUT2D eigenvalue weighted by Gasteiger charge is -2.21. The summed E-state index contributed by atoms with van der Waals surface area (Å²) in [6.07, 6.45) is 0. The number of nitrogens with zero attached hydrogens (tertiary/aromatic N) is 1. The Balaban J connectivity index is 1.50. The number of hydrogen-bond donors (Lipinski definition) is 2. The maximum Gasteiger partial charge on any atom is 0.248 e. The fraction of sp³-hybridized carbons (Fsp3) is 0.227. The largest absolute Gasteiger partial charge is 0.325 e. The van der Waals surface area contributed by atoms with Crippen molar-refractivity contribution < 1.29 is 4.79 Å². The second kappa shape index (κ2) is 7.65. The first-order chi connectivity index (χ1) is 13.8. The molecule has 0 bridgehead atoms. The minimum absolute atomic E-state index is 0.108. The molecule has 0 spiro atoms. The van der Waals surface area contributed by atoms with Crippen molar-refractivity contribution in [2.24, 2.45) is 0 Å². The first-order valence-corrected chi connectivity index (χ1v) is 11.1. The van der Waals surface area contributed by atoms with Crippen molar-refractivity contribution in [1.82, 2.24) is 9.97 Å². The van der Waals surface area contributed by atoms with Gasteiger partial charge >= 0.3 is 0 Å². The standard InChI is InChI=1S/C22H21N3O2S2/c1-22(2,3)15-11-19(26)24-17-10-13(8-9-14(15)17)23-20(27)12-28-21-25-16-6-4-5-7-18(16)29-21/h4-11H,12H2,1-3H3,(H,23,27)(H,24,26). The van der Waals surface area contributed by atoms with Gasteiger partial charge in [-0.1, -0.05) is 50.7 Å². The summed E-state index contributed by atoms with van der Waals surface area (Å²) in [5.41, 5.74) is 3.03. The molecular weight excluding hydrogens is 402 g/mol. The summed E-state index contributed by atoms with van der Waals surface area (Å²) in [4.78, 5) is 31.9. The lowest BCUT2D eigenvalue weighted by Crippen LogP contribution is -2.18. The molecule has 2 aromatic heterocycles. The fourth-order valence-corrected chi connectivity index (χ4v) is 5.06. The van der Waals surface area contributed by atoms with Crippen LogP contribution in [0.25, 0.3) is 21.1 Å². The third-order valence-electron chi connectivity index (χ3n) is 4.54. The summed E-state index contributed by atoms with van der Waals surface area (Å²) in [7, 11) is 0. The van der Waals surface area contributed by atoms with Gasteiger partial charge in [-0.3, -0.25) is 9.59 Å². The SMILES string of the molecule is CC(C)(C)c1cc(=O)[nH]c2cc(NC(=O)CSc3nc4ccccc4s3)ccc12. The van der Waals surface area contributed by atoms with Crippen molar-refractivity contribution >= 4 is 55.8 Å². The van der Waals surface area contributed by atoms with Crippen molar-refractivity contribution in [2.75, 3.05) is 11.1 Å². The average Bonchev–Trinajstić information content (AvgIpc) is 3.08. The summed E-state index contributed by atoms with van der Waals surface area (Å²) in [6, 6.07) is 15.2. The molecule has 4 rings (SSSR count). The molecule has 4 aromatic rings. The molecule has 0 saturated heterocycles. The van der Waals surface area contributed by atoms with Crippen molar-refractivity contribution in [3.05, 3.63) is 64.4 Å². The van der Waals surface area contributed by atoms with Crippen LogP contribution >= 0.6 is 23.1 Å². The fourth-order valence-electron chi connectivity index (χ4n) is 3.20. The van der Waals surface area contributed by atoms with E-state index in [0.717, 1.165) is 31.0 Å². The number of thiazole rings is 1. The Bertz CT molecular complexity index is 1240. The Morgan fingerprint density at radius 3 is 2.72 bits per heavy atom. The quantitative estimate of drug-likeness (QED) is 0.444. The van der Waals surface area contributed by atoms with Crippen molar-refractivity contribution in [3.63, 3.8) is 0 Å². The number of rotatable bonds is 4. The minimum atomic E-state index is -0.148. The highest BCUT2D eigenvalue weighted by molar-refractivity contribution is 8.01. The van der Waals surface area contributed by atoms with Crippen LogP contribution in [0.3, 0.4) is 0 Å². The van der Waals surface area contributed by atoms with Gasteiger partial charge in [0, 0.05) is 17.1 Å². The molecule has 2 aromatic carbocycles. The molecule has 0 aliphatic rings. The van der Waals surface area contributed by atoms with E-state index in [9.17, 15) is 9.59 Å². The number of fused-ring (bicyclic) bond motifs is 2. The van der Waals surface area contributed by atoms with E-state index >= 15 is 0 Å². The summed E-state index contributed by atoms with van der Waals surface area (Å²) < 4.78 is 1.99. The molecule has 29 heavy (non-hydrogen) atoms. The van der Waals surface area contributed by atoms with Crippen LogP contribution in [0.1, 0.15) is 26.3 Å². The van der Waals surface area contributed by atoms with Crippen molar-refractivity contribution in [3.8, 4) is 0 Å².